The third kappa shape index (κ3) is 5.04. The van der Waals surface area contributed by atoms with E-state index >= 15 is 0 Å². The highest BCUT2D eigenvalue weighted by molar-refractivity contribution is 8.51. The van der Waals surface area contributed by atoms with Gasteiger partial charge in [0.05, 0.1) is 0 Å². The van der Waals surface area contributed by atoms with Gasteiger partial charge in [-0.1, -0.05) is 0 Å². The molecule has 0 aromatic carbocycles. The number of rotatable bonds is 5. The van der Waals surface area contributed by atoms with Crippen molar-refractivity contribution >= 4 is 36.3 Å². The summed E-state index contributed by atoms with van der Waals surface area (Å²) in [6.45, 7) is 0. The van der Waals surface area contributed by atoms with Crippen LogP contribution in [0.25, 0.3) is 0 Å². The molecule has 58 valence electrons. The van der Waals surface area contributed by atoms with Crippen molar-refractivity contribution in [3.63, 3.8) is 0 Å². The van der Waals surface area contributed by atoms with Crippen molar-refractivity contribution < 1.29 is 13.2 Å². The molecule has 0 spiro atoms. The molecule has 0 aromatic rings. The monoisotopic (exact) mass is 197 g/mol. The minimum Gasteiger partial charge on any atom is -0.322 e. The van der Waals surface area contributed by atoms with E-state index in [-0.39, 0.29) is 0 Å². The predicted molar refractivity (Wildman–Crippen MR) is 44.5 cm³/mol. The molecular weight excluding hydrogens is 190 g/mol. The molecule has 0 aliphatic carbocycles. The topological polar surface area (TPSA) is 47.9 Å². The second-order valence-electron chi connectivity index (χ2n) is 1.05. The molecule has 0 amide bonds. The lowest BCUT2D eigenvalue weighted by atomic mass is 11.7. The first-order valence-corrected chi connectivity index (χ1v) is 7.26. The lowest BCUT2D eigenvalue weighted by Crippen LogP contribution is -1.98. The van der Waals surface area contributed by atoms with Crippen molar-refractivity contribution in [1.29, 1.82) is 0 Å². The Kier molecular flexibility index (Phi) is 7.48. The fourth-order valence-electron chi connectivity index (χ4n) is 0.267. The van der Waals surface area contributed by atoms with Gasteiger partial charge in [-0.2, -0.15) is 0 Å². The molecule has 4 nitrogen and oxygen atoms in total. The third-order valence-corrected chi connectivity index (χ3v) is 5.73. The highest BCUT2D eigenvalue weighted by Gasteiger charge is 2.11. The van der Waals surface area contributed by atoms with Gasteiger partial charge in [0.1, 0.15) is 0 Å². The minimum atomic E-state index is -1.64. The van der Waals surface area contributed by atoms with Crippen LogP contribution in [-0.4, -0.2) is 27.6 Å². The minimum absolute atomic E-state index is 1.17. The van der Waals surface area contributed by atoms with Crippen molar-refractivity contribution in [1.82, 2.24) is 0 Å². The molecule has 0 unspecified atom stereocenters. The molecule has 0 N–H and O–H groups in total. The van der Waals surface area contributed by atoms with Crippen LogP contribution >= 0.6 is 23.0 Å². The fraction of sp³-hybridized carbons (Fsp3) is 0.667. The second-order valence-corrected chi connectivity index (χ2v) is 7.71. The van der Waals surface area contributed by atoms with Crippen LogP contribution in [0.3, 0.4) is 0 Å². The number of carbonyl (C=O) groups excluding carboxylic acids is 1. The van der Waals surface area contributed by atoms with Crippen LogP contribution in [0.1, 0.15) is 0 Å². The smallest absolute Gasteiger partial charge is 0.322 e. The van der Waals surface area contributed by atoms with E-state index in [1.807, 2.05) is 0 Å². The summed E-state index contributed by atoms with van der Waals surface area (Å²) in [6, 6.07) is 0. The van der Waals surface area contributed by atoms with Crippen LogP contribution in [0.15, 0.2) is 4.66 Å². The molecule has 0 atom stereocenters. The van der Waals surface area contributed by atoms with Gasteiger partial charge in [-0.3, -0.25) is 0 Å². The van der Waals surface area contributed by atoms with E-state index in [0.29, 0.717) is 0 Å². The Labute approximate surface area is 68.8 Å². The first kappa shape index (κ1) is 10.2. The van der Waals surface area contributed by atoms with Gasteiger partial charge in [0.25, 0.3) is 0 Å². The zero-order valence-corrected chi connectivity index (χ0v) is 8.35. The zero-order valence-electron chi connectivity index (χ0n) is 5.57. The van der Waals surface area contributed by atoms with E-state index in [1.54, 1.807) is 0 Å². The Morgan fingerprint density at radius 3 is 2.20 bits per heavy atom. The van der Waals surface area contributed by atoms with Gasteiger partial charge < -0.3 is 8.37 Å². The van der Waals surface area contributed by atoms with Crippen molar-refractivity contribution in [2.24, 2.45) is 4.66 Å². The average molecular weight is 197 g/mol. The average Bonchev–Trinajstić information content (AvgIpc) is 1.90. The fourth-order valence-corrected chi connectivity index (χ4v) is 4.10. The molecule has 10 heavy (non-hydrogen) atoms. The van der Waals surface area contributed by atoms with Crippen molar-refractivity contribution in [3.8, 4) is 0 Å². The van der Waals surface area contributed by atoms with E-state index in [2.05, 4.69) is 4.66 Å². The highest BCUT2D eigenvalue weighted by Crippen LogP contribution is 2.19. The molecule has 0 saturated heterocycles. The van der Waals surface area contributed by atoms with Gasteiger partial charge >= 0.3 is 7.26 Å². The molecule has 0 radical (unpaired) electrons. The number of nitrogens with zero attached hydrogens (tertiary/aromatic N) is 1. The van der Waals surface area contributed by atoms with Crippen LogP contribution in [-0.2, 0) is 13.2 Å². The Hall–Kier alpha value is 0.217. The molecule has 0 aliphatic rings. The summed E-state index contributed by atoms with van der Waals surface area (Å²) in [5.41, 5.74) is 0. The quantitative estimate of drug-likeness (QED) is 0.280. The molecule has 0 saturated carbocycles. The van der Waals surface area contributed by atoms with Gasteiger partial charge in [-0.25, -0.2) is 9.45 Å². The summed E-state index contributed by atoms with van der Waals surface area (Å²) in [6.07, 6.45) is 1.47. The maximum Gasteiger partial charge on any atom is 0.358 e. The van der Waals surface area contributed by atoms with Gasteiger partial charge in [0.15, 0.2) is 0 Å². The Morgan fingerprint density at radius 1 is 1.40 bits per heavy atom. The van der Waals surface area contributed by atoms with Gasteiger partial charge in [-0.15, -0.1) is 0 Å². The summed E-state index contributed by atoms with van der Waals surface area (Å²) < 4.78 is 12.9. The maximum absolute atomic E-state index is 9.77. The Morgan fingerprint density at radius 2 is 1.90 bits per heavy atom. The molecule has 0 aliphatic heterocycles. The van der Waals surface area contributed by atoms with E-state index in [1.165, 1.54) is 43.3 Å². The first-order valence-electron chi connectivity index (χ1n) is 2.31. The van der Waals surface area contributed by atoms with E-state index < -0.39 is 7.26 Å². The standard InChI is InChI=1S/C3H7NO3S2Si/c1-6-8-10(4-3-5)9-7-2/h10H,1-2H3. The molecule has 0 bridgehead atoms. The molecule has 7 heteroatoms. The van der Waals surface area contributed by atoms with Crippen LogP contribution in [0, 0.1) is 0 Å². The van der Waals surface area contributed by atoms with Crippen LogP contribution < -0.4 is 0 Å². The van der Waals surface area contributed by atoms with Crippen LogP contribution in [0.4, 0.5) is 0 Å². The van der Waals surface area contributed by atoms with Crippen molar-refractivity contribution in [2.45, 2.75) is 0 Å². The van der Waals surface area contributed by atoms with Gasteiger partial charge in [0, 0.05) is 37.2 Å². The normalized spacial score (nSPS) is 9.50. The molecule has 0 aromatic heterocycles. The first-order chi connectivity index (χ1) is 4.85. The Balaban J connectivity index is 3.60. The lowest BCUT2D eigenvalue weighted by Gasteiger charge is -2.00. The van der Waals surface area contributed by atoms with Crippen molar-refractivity contribution in [3.05, 3.63) is 0 Å². The van der Waals surface area contributed by atoms with Crippen LogP contribution in [0.2, 0.25) is 0 Å². The maximum atomic E-state index is 9.77. The SMILES string of the molecule is COS[SiH](N=C=O)SOC. The molecule has 0 rings (SSSR count). The molecule has 0 heterocycles. The highest BCUT2D eigenvalue weighted by atomic mass is 32.6. The summed E-state index contributed by atoms with van der Waals surface area (Å²) in [5.74, 6) is 0. The second kappa shape index (κ2) is 7.33. The summed E-state index contributed by atoms with van der Waals surface area (Å²) >= 11 is 2.35. The predicted octanol–water partition coefficient (Wildman–Crippen LogP) is 0.629. The van der Waals surface area contributed by atoms with Crippen molar-refractivity contribution in [2.75, 3.05) is 14.2 Å². The van der Waals surface area contributed by atoms with E-state index in [9.17, 15) is 4.79 Å². The summed E-state index contributed by atoms with van der Waals surface area (Å²) in [7, 11) is 1.41. The summed E-state index contributed by atoms with van der Waals surface area (Å²) in [5, 5.41) is 0. The van der Waals surface area contributed by atoms with E-state index in [4.69, 9.17) is 8.37 Å². The Bertz CT molecular complexity index is 123. The number of hydrogen-bond acceptors (Lipinski definition) is 6. The number of hydrogen-bond donors (Lipinski definition) is 0. The van der Waals surface area contributed by atoms with Gasteiger partial charge in [0.2, 0.25) is 6.08 Å². The largest absolute Gasteiger partial charge is 0.358 e. The van der Waals surface area contributed by atoms with Gasteiger partial charge in [-0.05, 0) is 0 Å². The molecular formula is C3H7NO3S2Si. The third-order valence-electron chi connectivity index (χ3n) is 0.515. The molecule has 0 fully saturated rings. The van der Waals surface area contributed by atoms with Crippen LogP contribution in [0.5, 0.6) is 0 Å². The van der Waals surface area contributed by atoms with E-state index in [0.717, 1.165) is 0 Å². The zero-order chi connectivity index (χ0) is 7.82. The summed E-state index contributed by atoms with van der Waals surface area (Å²) in [4.78, 5) is 9.77. The lowest BCUT2D eigenvalue weighted by molar-refractivity contribution is 0.493. The number of isocyanates is 1.